The van der Waals surface area contributed by atoms with Crippen molar-refractivity contribution in [3.63, 3.8) is 0 Å². The van der Waals surface area contributed by atoms with Crippen molar-refractivity contribution in [1.29, 1.82) is 0 Å². The molecule has 1 aromatic heterocycles. The molecule has 0 fully saturated rings. The van der Waals surface area contributed by atoms with Crippen LogP contribution in [0.1, 0.15) is 11.1 Å². The summed E-state index contributed by atoms with van der Waals surface area (Å²) in [6, 6.07) is 9.28. The van der Waals surface area contributed by atoms with Crippen molar-refractivity contribution in [2.75, 3.05) is 20.0 Å². The Morgan fingerprint density at radius 3 is 2.61 bits per heavy atom. The lowest BCUT2D eigenvalue weighted by Gasteiger charge is -2.14. The van der Waals surface area contributed by atoms with E-state index in [9.17, 15) is 17.2 Å². The highest BCUT2D eigenvalue weighted by molar-refractivity contribution is 7.89. The molecule has 0 aliphatic rings. The summed E-state index contributed by atoms with van der Waals surface area (Å²) in [5, 5.41) is 4.02. The Morgan fingerprint density at radius 2 is 1.94 bits per heavy atom. The molecule has 3 N–H and O–H groups in total. The van der Waals surface area contributed by atoms with E-state index in [2.05, 4.69) is 9.82 Å². The van der Waals surface area contributed by atoms with Crippen LogP contribution in [0.4, 0.5) is 14.5 Å². The molecule has 0 atom stereocenters. The van der Waals surface area contributed by atoms with Gasteiger partial charge < -0.3 is 15.2 Å². The first-order valence-corrected chi connectivity index (χ1v) is 10.6. The SMILES string of the molecule is COc1ccc(CNS(=O)(=O)c2cc(N)ccc2-n2cc(CC(F)F)cn2)c(OC)c1. The topological polar surface area (TPSA) is 108 Å². The fourth-order valence-electron chi connectivity index (χ4n) is 2.96. The van der Waals surface area contributed by atoms with E-state index < -0.39 is 22.9 Å². The number of sulfonamides is 1. The maximum atomic E-state index is 13.1. The van der Waals surface area contributed by atoms with E-state index in [-0.39, 0.29) is 28.4 Å². The van der Waals surface area contributed by atoms with Crippen molar-refractivity contribution < 1.29 is 26.7 Å². The highest BCUT2D eigenvalue weighted by Crippen LogP contribution is 2.26. The number of rotatable bonds is 9. The van der Waals surface area contributed by atoms with Crippen molar-refractivity contribution >= 4 is 15.7 Å². The Morgan fingerprint density at radius 1 is 1.16 bits per heavy atom. The average Bonchev–Trinajstić information content (AvgIpc) is 3.19. The predicted molar refractivity (Wildman–Crippen MR) is 111 cm³/mol. The van der Waals surface area contributed by atoms with Gasteiger partial charge in [0, 0.05) is 36.5 Å². The number of aromatic nitrogens is 2. The van der Waals surface area contributed by atoms with Crippen LogP contribution in [0.25, 0.3) is 5.69 Å². The number of halogens is 2. The molecule has 0 bridgehead atoms. The monoisotopic (exact) mass is 452 g/mol. The molecule has 3 rings (SSSR count). The fraction of sp³-hybridized carbons (Fsp3) is 0.250. The second-order valence-electron chi connectivity index (χ2n) is 6.62. The van der Waals surface area contributed by atoms with Crippen molar-refractivity contribution in [3.8, 4) is 17.2 Å². The van der Waals surface area contributed by atoms with Gasteiger partial charge in [0.2, 0.25) is 16.4 Å². The minimum Gasteiger partial charge on any atom is -0.497 e. The molecule has 31 heavy (non-hydrogen) atoms. The molecule has 1 heterocycles. The highest BCUT2D eigenvalue weighted by Gasteiger charge is 2.22. The molecule has 3 aromatic rings. The number of hydrogen-bond acceptors (Lipinski definition) is 6. The Kier molecular flexibility index (Phi) is 6.76. The summed E-state index contributed by atoms with van der Waals surface area (Å²) >= 11 is 0. The van der Waals surface area contributed by atoms with Gasteiger partial charge in [-0.25, -0.2) is 26.6 Å². The number of nitrogens with one attached hydrogen (secondary N) is 1. The molecule has 0 aliphatic carbocycles. The number of nitrogens with zero attached hydrogens (tertiary/aromatic N) is 2. The number of benzene rings is 2. The van der Waals surface area contributed by atoms with Crippen LogP contribution in [0.15, 0.2) is 53.7 Å². The lowest BCUT2D eigenvalue weighted by Crippen LogP contribution is -2.25. The first-order valence-electron chi connectivity index (χ1n) is 9.15. The Balaban J connectivity index is 1.91. The normalized spacial score (nSPS) is 11.6. The Bertz CT molecular complexity index is 1170. The number of hydrogen-bond donors (Lipinski definition) is 2. The first kappa shape index (κ1) is 22.5. The van der Waals surface area contributed by atoms with Gasteiger partial charge in [-0.2, -0.15) is 5.10 Å². The summed E-state index contributed by atoms with van der Waals surface area (Å²) in [4.78, 5) is -0.133. The lowest BCUT2D eigenvalue weighted by molar-refractivity contribution is 0.149. The first-order chi connectivity index (χ1) is 14.7. The van der Waals surface area contributed by atoms with E-state index in [1.165, 1.54) is 49.5 Å². The summed E-state index contributed by atoms with van der Waals surface area (Å²) in [6.07, 6.45) is -0.377. The standard InChI is InChI=1S/C20H22F2N4O4S/c1-29-16-5-3-14(18(9-16)30-2)11-25-31(27,28)19-8-15(23)4-6-17(19)26-12-13(10-24-26)7-20(21)22/h3-6,8-10,12,20,25H,7,11,23H2,1-2H3. The highest BCUT2D eigenvalue weighted by atomic mass is 32.2. The smallest absolute Gasteiger partial charge is 0.243 e. The van der Waals surface area contributed by atoms with Crippen LogP contribution in [0.2, 0.25) is 0 Å². The zero-order valence-electron chi connectivity index (χ0n) is 16.9. The van der Waals surface area contributed by atoms with Crippen LogP contribution in [0.3, 0.4) is 0 Å². The molecule has 0 amide bonds. The molecule has 0 radical (unpaired) electrons. The number of methoxy groups -OCH3 is 2. The second kappa shape index (κ2) is 9.31. The minimum atomic E-state index is -4.04. The Hall–Kier alpha value is -3.18. The van der Waals surface area contributed by atoms with E-state index >= 15 is 0 Å². The van der Waals surface area contributed by atoms with Gasteiger partial charge in [-0.3, -0.25) is 0 Å². The minimum absolute atomic E-state index is 0.0561. The van der Waals surface area contributed by atoms with Gasteiger partial charge in [-0.1, -0.05) is 6.07 Å². The number of alkyl halides is 2. The predicted octanol–water partition coefficient (Wildman–Crippen LogP) is 2.76. The van der Waals surface area contributed by atoms with Gasteiger partial charge in [0.1, 0.15) is 16.4 Å². The fourth-order valence-corrected chi connectivity index (χ4v) is 4.19. The number of ether oxygens (including phenoxy) is 2. The van der Waals surface area contributed by atoms with Crippen molar-refractivity contribution in [2.45, 2.75) is 24.3 Å². The van der Waals surface area contributed by atoms with E-state index in [1.807, 2.05) is 0 Å². The third kappa shape index (κ3) is 5.30. The molecule has 0 unspecified atom stereocenters. The molecule has 166 valence electrons. The maximum absolute atomic E-state index is 13.1. The van der Waals surface area contributed by atoms with Crippen molar-refractivity contribution in [1.82, 2.24) is 14.5 Å². The largest absolute Gasteiger partial charge is 0.497 e. The van der Waals surface area contributed by atoms with Crippen molar-refractivity contribution in [2.24, 2.45) is 0 Å². The zero-order valence-corrected chi connectivity index (χ0v) is 17.7. The third-order valence-electron chi connectivity index (χ3n) is 4.49. The van der Waals surface area contributed by atoms with Gasteiger partial charge in [-0.05, 0) is 29.8 Å². The molecule has 11 heteroatoms. The average molecular weight is 452 g/mol. The Labute approximate surface area is 178 Å². The van der Waals surface area contributed by atoms with Crippen LogP contribution in [0, 0.1) is 0 Å². The number of nitrogens with two attached hydrogens (primary N) is 1. The molecule has 2 aromatic carbocycles. The van der Waals surface area contributed by atoms with E-state index in [1.54, 1.807) is 18.2 Å². The van der Waals surface area contributed by atoms with Crippen molar-refractivity contribution in [3.05, 3.63) is 59.9 Å². The van der Waals surface area contributed by atoms with Gasteiger partial charge in [0.15, 0.2) is 0 Å². The van der Waals surface area contributed by atoms with E-state index in [0.29, 0.717) is 17.1 Å². The van der Waals surface area contributed by atoms with Crippen LogP contribution < -0.4 is 19.9 Å². The van der Waals surface area contributed by atoms with Gasteiger partial charge in [-0.15, -0.1) is 0 Å². The molecular weight excluding hydrogens is 430 g/mol. The van der Waals surface area contributed by atoms with Gasteiger partial charge >= 0.3 is 0 Å². The van der Waals surface area contributed by atoms with Crippen LogP contribution in [-0.4, -0.2) is 38.8 Å². The number of anilines is 1. The third-order valence-corrected chi connectivity index (χ3v) is 5.92. The van der Waals surface area contributed by atoms with E-state index in [0.717, 1.165) is 0 Å². The van der Waals surface area contributed by atoms with E-state index in [4.69, 9.17) is 15.2 Å². The summed E-state index contributed by atoms with van der Waals surface area (Å²) in [5.41, 5.74) is 7.09. The van der Waals surface area contributed by atoms with Crippen LogP contribution >= 0.6 is 0 Å². The number of nitrogen functional groups attached to an aromatic ring is 1. The molecule has 0 saturated carbocycles. The molecule has 0 aliphatic heterocycles. The van der Waals surface area contributed by atoms with Crippen LogP contribution in [0.5, 0.6) is 11.5 Å². The van der Waals surface area contributed by atoms with Crippen LogP contribution in [-0.2, 0) is 23.0 Å². The maximum Gasteiger partial charge on any atom is 0.243 e. The molecule has 8 nitrogen and oxygen atoms in total. The summed E-state index contributed by atoms with van der Waals surface area (Å²) in [7, 11) is -1.06. The second-order valence-corrected chi connectivity index (χ2v) is 8.35. The molecule has 0 saturated heterocycles. The summed E-state index contributed by atoms with van der Waals surface area (Å²) < 4.78 is 65.6. The molecule has 0 spiro atoms. The molecular formula is C20H22F2N4O4S. The lowest BCUT2D eigenvalue weighted by atomic mass is 10.2. The van der Waals surface area contributed by atoms with Gasteiger partial charge in [0.25, 0.3) is 0 Å². The summed E-state index contributed by atoms with van der Waals surface area (Å²) in [5.74, 6) is 1.03. The zero-order chi connectivity index (χ0) is 22.6. The van der Waals surface area contributed by atoms with Gasteiger partial charge in [0.05, 0.1) is 26.1 Å². The quantitative estimate of drug-likeness (QED) is 0.484. The summed E-state index contributed by atoms with van der Waals surface area (Å²) in [6.45, 7) is -0.0561.